The lowest BCUT2D eigenvalue weighted by Crippen LogP contribution is -2.30. The highest BCUT2D eigenvalue weighted by Gasteiger charge is 2.30. The third-order valence-corrected chi connectivity index (χ3v) is 5.76. The summed E-state index contributed by atoms with van der Waals surface area (Å²) in [6.45, 7) is 2.96. The second-order valence-corrected chi connectivity index (χ2v) is 8.18. The van der Waals surface area contributed by atoms with Crippen molar-refractivity contribution in [2.24, 2.45) is 0 Å². The van der Waals surface area contributed by atoms with E-state index in [1.54, 1.807) is 19.2 Å². The highest BCUT2D eigenvalue weighted by molar-refractivity contribution is 5.47. The van der Waals surface area contributed by atoms with Gasteiger partial charge in [-0.2, -0.15) is 0 Å². The van der Waals surface area contributed by atoms with Crippen molar-refractivity contribution in [3.63, 3.8) is 0 Å². The van der Waals surface area contributed by atoms with Crippen LogP contribution in [0.4, 0.5) is 8.78 Å². The molecule has 2 aromatic rings. The van der Waals surface area contributed by atoms with Crippen molar-refractivity contribution in [3.8, 4) is 5.88 Å². The highest BCUT2D eigenvalue weighted by atomic mass is 19.3. The summed E-state index contributed by atoms with van der Waals surface area (Å²) in [5.74, 6) is -1.89. The Morgan fingerprint density at radius 3 is 2.47 bits per heavy atom. The average Bonchev–Trinajstić information content (AvgIpc) is 3.56. The molecular formula is C24H30F2N2O2. The minimum atomic E-state index is -2.88. The first-order valence-electron chi connectivity index (χ1n) is 10.6. The van der Waals surface area contributed by atoms with Crippen LogP contribution in [0.1, 0.15) is 80.2 Å². The molecule has 0 bridgehead atoms. The number of hydrogen-bond donors (Lipinski definition) is 1. The van der Waals surface area contributed by atoms with Crippen molar-refractivity contribution < 1.29 is 18.3 Å². The van der Waals surface area contributed by atoms with Gasteiger partial charge < -0.3 is 10.1 Å². The molecule has 1 aromatic carbocycles. The SMILES string of the molecule is CCC[C@H](C[C@@H](c1ccc(C(C)(F)F)cc1)c1ccc(C2CC2)c(OC)n1)NC=O. The maximum absolute atomic E-state index is 13.7. The highest BCUT2D eigenvalue weighted by Crippen LogP contribution is 2.44. The van der Waals surface area contributed by atoms with Gasteiger partial charge in [0.05, 0.1) is 12.8 Å². The van der Waals surface area contributed by atoms with Crippen LogP contribution in [0.2, 0.25) is 0 Å². The zero-order valence-corrected chi connectivity index (χ0v) is 17.8. The molecule has 3 rings (SSSR count). The molecule has 0 unspecified atom stereocenters. The van der Waals surface area contributed by atoms with Crippen LogP contribution in [0.25, 0.3) is 0 Å². The summed E-state index contributed by atoms with van der Waals surface area (Å²) in [5, 5.41) is 2.90. The molecule has 1 aromatic heterocycles. The second-order valence-electron chi connectivity index (χ2n) is 8.18. The second kappa shape index (κ2) is 9.54. The molecule has 1 aliphatic carbocycles. The molecule has 0 saturated heterocycles. The summed E-state index contributed by atoms with van der Waals surface area (Å²) in [6.07, 6.45) is 5.41. The number of carbonyl (C=O) groups excluding carboxylic acids is 1. The molecule has 162 valence electrons. The van der Waals surface area contributed by atoms with Gasteiger partial charge in [-0.1, -0.05) is 43.7 Å². The summed E-state index contributed by atoms with van der Waals surface area (Å²) in [7, 11) is 1.62. The first-order chi connectivity index (χ1) is 14.4. The fraction of sp³-hybridized carbons (Fsp3) is 0.500. The maximum Gasteiger partial charge on any atom is 0.270 e. The predicted molar refractivity (Wildman–Crippen MR) is 113 cm³/mol. The van der Waals surface area contributed by atoms with Crippen LogP contribution in [0, 0.1) is 0 Å². The number of pyridine rings is 1. The van der Waals surface area contributed by atoms with Gasteiger partial charge >= 0.3 is 0 Å². The van der Waals surface area contributed by atoms with E-state index < -0.39 is 5.92 Å². The lowest BCUT2D eigenvalue weighted by Gasteiger charge is -2.24. The first kappa shape index (κ1) is 22.2. The summed E-state index contributed by atoms with van der Waals surface area (Å²) in [6, 6.07) is 10.5. The third kappa shape index (κ3) is 5.35. The Hall–Kier alpha value is -2.50. The molecule has 1 heterocycles. The standard InChI is InChI=1S/C24H30F2N2O2/c1-4-5-19(27-15-29)14-21(17-8-10-18(11-9-17)24(2,25)26)22-13-12-20(16-6-7-16)23(28-22)30-3/h8-13,15-16,19,21H,4-7,14H2,1-3H3,(H,27,29)/t19-,21+/m1/s1. The number of nitrogens with one attached hydrogen (secondary N) is 1. The Kier molecular flexibility index (Phi) is 7.06. The van der Waals surface area contributed by atoms with Crippen LogP contribution < -0.4 is 10.1 Å². The summed E-state index contributed by atoms with van der Waals surface area (Å²) in [4.78, 5) is 15.9. The van der Waals surface area contributed by atoms with Gasteiger partial charge in [0.15, 0.2) is 0 Å². The number of nitrogens with zero attached hydrogens (tertiary/aromatic N) is 1. The van der Waals surface area contributed by atoms with Crippen LogP contribution in [-0.2, 0) is 10.7 Å². The molecule has 30 heavy (non-hydrogen) atoms. The Balaban J connectivity index is 1.97. The number of rotatable bonds is 11. The minimum absolute atomic E-state index is 0.0178. The van der Waals surface area contributed by atoms with E-state index in [0.29, 0.717) is 18.2 Å². The van der Waals surface area contributed by atoms with Gasteiger partial charge in [0.1, 0.15) is 0 Å². The van der Waals surface area contributed by atoms with Crippen LogP contribution in [0.5, 0.6) is 5.88 Å². The van der Waals surface area contributed by atoms with Crippen molar-refractivity contribution in [2.45, 2.75) is 69.8 Å². The number of carbonyl (C=O) groups is 1. The zero-order chi connectivity index (χ0) is 21.7. The lowest BCUT2D eigenvalue weighted by atomic mass is 9.86. The summed E-state index contributed by atoms with van der Waals surface area (Å²) in [5.41, 5.74) is 2.82. The van der Waals surface area contributed by atoms with Gasteiger partial charge in [0.25, 0.3) is 5.92 Å². The number of alkyl halides is 2. The number of halogens is 2. The van der Waals surface area contributed by atoms with Gasteiger partial charge in [-0.3, -0.25) is 4.79 Å². The van der Waals surface area contributed by atoms with Gasteiger partial charge in [-0.05, 0) is 43.2 Å². The van der Waals surface area contributed by atoms with E-state index in [4.69, 9.17) is 9.72 Å². The number of ether oxygens (including phenoxy) is 1. The predicted octanol–water partition coefficient (Wildman–Crippen LogP) is 5.52. The molecule has 6 heteroatoms. The summed E-state index contributed by atoms with van der Waals surface area (Å²) < 4.78 is 32.9. The molecule has 1 N–H and O–H groups in total. The number of amides is 1. The average molecular weight is 417 g/mol. The monoisotopic (exact) mass is 416 g/mol. The Morgan fingerprint density at radius 2 is 1.93 bits per heavy atom. The van der Waals surface area contributed by atoms with E-state index in [0.717, 1.165) is 55.8 Å². The van der Waals surface area contributed by atoms with Crippen molar-refractivity contribution in [1.29, 1.82) is 0 Å². The number of aromatic nitrogens is 1. The molecular weight excluding hydrogens is 386 g/mol. The Labute approximate surface area is 177 Å². The van der Waals surface area contributed by atoms with Gasteiger partial charge in [0.2, 0.25) is 12.3 Å². The summed E-state index contributed by atoms with van der Waals surface area (Å²) >= 11 is 0. The topological polar surface area (TPSA) is 51.2 Å². The molecule has 1 amide bonds. The number of hydrogen-bond acceptors (Lipinski definition) is 3. The zero-order valence-electron chi connectivity index (χ0n) is 17.8. The lowest BCUT2D eigenvalue weighted by molar-refractivity contribution is -0.110. The number of methoxy groups -OCH3 is 1. The molecule has 1 aliphatic rings. The number of benzene rings is 1. The van der Waals surface area contributed by atoms with Crippen molar-refractivity contribution in [1.82, 2.24) is 10.3 Å². The molecule has 1 saturated carbocycles. The normalized spacial score (nSPS) is 16.0. The molecule has 1 fully saturated rings. The Morgan fingerprint density at radius 1 is 1.23 bits per heavy atom. The molecule has 0 radical (unpaired) electrons. The van der Waals surface area contributed by atoms with Crippen LogP contribution in [0.3, 0.4) is 0 Å². The van der Waals surface area contributed by atoms with E-state index in [-0.39, 0.29) is 17.5 Å². The van der Waals surface area contributed by atoms with E-state index >= 15 is 0 Å². The van der Waals surface area contributed by atoms with Gasteiger partial charge in [-0.15, -0.1) is 0 Å². The smallest absolute Gasteiger partial charge is 0.270 e. The largest absolute Gasteiger partial charge is 0.481 e. The Bertz CT molecular complexity index is 845. The molecule has 4 nitrogen and oxygen atoms in total. The maximum atomic E-state index is 13.7. The molecule has 0 aliphatic heterocycles. The van der Waals surface area contributed by atoms with E-state index in [2.05, 4.69) is 18.3 Å². The van der Waals surface area contributed by atoms with E-state index in [1.807, 2.05) is 6.07 Å². The van der Waals surface area contributed by atoms with Crippen molar-refractivity contribution >= 4 is 6.41 Å². The van der Waals surface area contributed by atoms with Gasteiger partial charge in [-0.25, -0.2) is 13.8 Å². The van der Waals surface area contributed by atoms with Crippen LogP contribution in [0.15, 0.2) is 36.4 Å². The van der Waals surface area contributed by atoms with Crippen molar-refractivity contribution in [2.75, 3.05) is 7.11 Å². The quantitative estimate of drug-likeness (QED) is 0.491. The van der Waals surface area contributed by atoms with Crippen LogP contribution in [-0.4, -0.2) is 24.5 Å². The minimum Gasteiger partial charge on any atom is -0.481 e. The fourth-order valence-corrected chi connectivity index (χ4v) is 3.96. The van der Waals surface area contributed by atoms with Gasteiger partial charge in [0, 0.05) is 30.0 Å². The van der Waals surface area contributed by atoms with E-state index in [1.165, 1.54) is 12.1 Å². The van der Waals surface area contributed by atoms with Crippen molar-refractivity contribution in [3.05, 3.63) is 58.8 Å². The molecule has 2 atom stereocenters. The van der Waals surface area contributed by atoms with Crippen LogP contribution >= 0.6 is 0 Å². The fourth-order valence-electron chi connectivity index (χ4n) is 3.96. The molecule has 0 spiro atoms. The van der Waals surface area contributed by atoms with E-state index in [9.17, 15) is 13.6 Å². The first-order valence-corrected chi connectivity index (χ1v) is 10.6. The third-order valence-electron chi connectivity index (χ3n) is 5.76.